The highest BCUT2D eigenvalue weighted by molar-refractivity contribution is 5.59. The maximum absolute atomic E-state index is 11.8. The van der Waals surface area contributed by atoms with Crippen molar-refractivity contribution >= 4 is 0 Å². The molecule has 0 radical (unpaired) electrons. The third-order valence-corrected chi connectivity index (χ3v) is 3.45. The van der Waals surface area contributed by atoms with Gasteiger partial charge < -0.3 is 5.32 Å². The number of nitrogens with one attached hydrogen (secondary N) is 2. The van der Waals surface area contributed by atoms with Gasteiger partial charge in [0.2, 0.25) is 0 Å². The normalized spacial score (nSPS) is 11.3. The maximum atomic E-state index is 11.8. The molecule has 4 nitrogen and oxygen atoms in total. The molecule has 0 fully saturated rings. The number of hydrogen-bond donors (Lipinski definition) is 2. The molecule has 1 aromatic heterocycles. The van der Waals surface area contributed by atoms with Gasteiger partial charge in [0.15, 0.2) is 0 Å². The number of rotatable bonds is 5. The molecule has 2 rings (SSSR count). The zero-order chi connectivity index (χ0) is 15.4. The number of benzene rings is 1. The lowest BCUT2D eigenvalue weighted by molar-refractivity contribution is 0.585. The highest BCUT2D eigenvalue weighted by Crippen LogP contribution is 2.20. The van der Waals surface area contributed by atoms with Gasteiger partial charge in [-0.3, -0.25) is 4.79 Å². The number of aromatic amines is 1. The molecular weight excluding hydrogens is 262 g/mol. The predicted molar refractivity (Wildman–Crippen MR) is 86.4 cm³/mol. The summed E-state index contributed by atoms with van der Waals surface area (Å²) in [5.74, 6) is 0.508. The van der Waals surface area contributed by atoms with E-state index in [1.54, 1.807) is 0 Å². The third-order valence-electron chi connectivity index (χ3n) is 3.45. The summed E-state index contributed by atoms with van der Waals surface area (Å²) >= 11 is 0. The van der Waals surface area contributed by atoms with Gasteiger partial charge in [0.25, 0.3) is 5.56 Å². The van der Waals surface area contributed by atoms with E-state index >= 15 is 0 Å². The summed E-state index contributed by atoms with van der Waals surface area (Å²) in [5.41, 5.74) is 3.68. The van der Waals surface area contributed by atoms with Crippen molar-refractivity contribution < 1.29 is 0 Å². The van der Waals surface area contributed by atoms with Crippen LogP contribution in [0.25, 0.3) is 11.3 Å². The second kappa shape index (κ2) is 6.68. The largest absolute Gasteiger partial charge is 0.310 e. The lowest BCUT2D eigenvalue weighted by Gasteiger charge is -2.09. The van der Waals surface area contributed by atoms with Crippen LogP contribution >= 0.6 is 0 Å². The quantitative estimate of drug-likeness (QED) is 0.887. The van der Waals surface area contributed by atoms with Crippen molar-refractivity contribution in [1.29, 1.82) is 0 Å². The summed E-state index contributed by atoms with van der Waals surface area (Å²) in [6, 6.07) is 10.5. The van der Waals surface area contributed by atoms with Gasteiger partial charge in [-0.2, -0.15) is 5.10 Å². The molecule has 1 heterocycles. The fourth-order valence-electron chi connectivity index (χ4n) is 2.08. The summed E-state index contributed by atoms with van der Waals surface area (Å²) in [6.45, 7) is 9.00. The van der Waals surface area contributed by atoms with Crippen molar-refractivity contribution in [1.82, 2.24) is 15.5 Å². The zero-order valence-corrected chi connectivity index (χ0v) is 13.1. The van der Waals surface area contributed by atoms with Crippen molar-refractivity contribution in [3.05, 3.63) is 51.8 Å². The van der Waals surface area contributed by atoms with Crippen molar-refractivity contribution in [2.24, 2.45) is 0 Å². The van der Waals surface area contributed by atoms with Gasteiger partial charge in [-0.1, -0.05) is 52.0 Å². The van der Waals surface area contributed by atoms with E-state index in [-0.39, 0.29) is 5.56 Å². The fraction of sp³-hybridized carbons (Fsp3) is 0.412. The van der Waals surface area contributed by atoms with Crippen molar-refractivity contribution in [3.63, 3.8) is 0 Å². The Balaban J connectivity index is 2.27. The first kappa shape index (κ1) is 15.4. The Kier molecular flexibility index (Phi) is 4.91. The summed E-state index contributed by atoms with van der Waals surface area (Å²) in [6.07, 6.45) is 0. The number of aromatic nitrogens is 2. The maximum Gasteiger partial charge on any atom is 0.268 e. The van der Waals surface area contributed by atoms with E-state index in [1.165, 1.54) is 5.56 Å². The van der Waals surface area contributed by atoms with Crippen LogP contribution < -0.4 is 10.9 Å². The molecule has 21 heavy (non-hydrogen) atoms. The Labute approximate surface area is 125 Å². The van der Waals surface area contributed by atoms with Crippen molar-refractivity contribution in [2.45, 2.75) is 46.2 Å². The van der Waals surface area contributed by atoms with Gasteiger partial charge >= 0.3 is 0 Å². The standard InChI is InChI=1S/C17H23N3O/c1-11(2)13-5-7-14(8-6-13)16-9-15(10-18-12(3)4)17(21)20-19-16/h5-9,11-12,18H,10H2,1-4H3,(H,20,21). The van der Waals surface area contributed by atoms with Gasteiger partial charge in [-0.15, -0.1) is 0 Å². The van der Waals surface area contributed by atoms with Gasteiger partial charge in [0.1, 0.15) is 0 Å². The number of nitrogens with zero attached hydrogens (tertiary/aromatic N) is 1. The average Bonchev–Trinajstić information content (AvgIpc) is 2.46. The molecule has 0 atom stereocenters. The summed E-state index contributed by atoms with van der Waals surface area (Å²) < 4.78 is 0. The first-order chi connectivity index (χ1) is 9.97. The molecule has 0 aliphatic rings. The van der Waals surface area contributed by atoms with Gasteiger partial charge in [-0.25, -0.2) is 5.10 Å². The second-order valence-corrected chi connectivity index (χ2v) is 5.92. The minimum Gasteiger partial charge on any atom is -0.310 e. The summed E-state index contributed by atoms with van der Waals surface area (Å²) in [5, 5.41) is 9.99. The second-order valence-electron chi connectivity index (χ2n) is 5.92. The fourth-order valence-corrected chi connectivity index (χ4v) is 2.08. The van der Waals surface area contributed by atoms with E-state index in [0.29, 0.717) is 24.1 Å². The number of hydrogen-bond acceptors (Lipinski definition) is 3. The Bertz CT molecular complexity index is 642. The molecule has 2 aromatic rings. The van der Waals surface area contributed by atoms with E-state index in [2.05, 4.69) is 67.5 Å². The minimum absolute atomic E-state index is 0.134. The molecule has 4 heteroatoms. The van der Waals surface area contributed by atoms with Crippen LogP contribution in [0.15, 0.2) is 35.1 Å². The first-order valence-electron chi connectivity index (χ1n) is 7.39. The van der Waals surface area contributed by atoms with Crippen LogP contribution in [-0.4, -0.2) is 16.2 Å². The Morgan fingerprint density at radius 3 is 2.38 bits per heavy atom. The molecule has 0 aliphatic carbocycles. The SMILES string of the molecule is CC(C)NCc1cc(-c2ccc(C(C)C)cc2)n[nH]c1=O. The van der Waals surface area contributed by atoms with Crippen LogP contribution in [0.1, 0.15) is 44.7 Å². The topological polar surface area (TPSA) is 57.8 Å². The monoisotopic (exact) mass is 285 g/mol. The van der Waals surface area contributed by atoms with E-state index < -0.39 is 0 Å². The number of H-pyrrole nitrogens is 1. The molecule has 0 saturated heterocycles. The van der Waals surface area contributed by atoms with Crippen molar-refractivity contribution in [2.75, 3.05) is 0 Å². The van der Waals surface area contributed by atoms with Gasteiger partial charge in [0.05, 0.1) is 5.69 Å². The predicted octanol–water partition coefficient (Wildman–Crippen LogP) is 3.06. The Hall–Kier alpha value is -1.94. The molecule has 0 amide bonds. The molecule has 2 N–H and O–H groups in total. The molecule has 112 valence electrons. The van der Waals surface area contributed by atoms with Crippen LogP contribution in [0.2, 0.25) is 0 Å². The van der Waals surface area contributed by atoms with Crippen LogP contribution in [0.3, 0.4) is 0 Å². The lowest BCUT2D eigenvalue weighted by Crippen LogP contribution is -2.26. The smallest absolute Gasteiger partial charge is 0.268 e. The van der Waals surface area contributed by atoms with Gasteiger partial charge in [0, 0.05) is 23.7 Å². The molecule has 0 aliphatic heterocycles. The van der Waals surface area contributed by atoms with Gasteiger partial charge in [-0.05, 0) is 17.5 Å². The van der Waals surface area contributed by atoms with Crippen LogP contribution in [0.5, 0.6) is 0 Å². The van der Waals surface area contributed by atoms with E-state index in [1.807, 2.05) is 6.07 Å². The van der Waals surface area contributed by atoms with Crippen molar-refractivity contribution in [3.8, 4) is 11.3 Å². The van der Waals surface area contributed by atoms with Crippen LogP contribution in [-0.2, 0) is 6.54 Å². The lowest BCUT2D eigenvalue weighted by atomic mass is 10.0. The van der Waals surface area contributed by atoms with Crippen LogP contribution in [0, 0.1) is 0 Å². The highest BCUT2D eigenvalue weighted by Gasteiger charge is 2.07. The molecule has 0 spiro atoms. The van der Waals surface area contributed by atoms with E-state index in [4.69, 9.17) is 0 Å². The average molecular weight is 285 g/mol. The highest BCUT2D eigenvalue weighted by atomic mass is 16.1. The zero-order valence-electron chi connectivity index (χ0n) is 13.1. The van der Waals surface area contributed by atoms with E-state index in [9.17, 15) is 4.79 Å². The van der Waals surface area contributed by atoms with E-state index in [0.717, 1.165) is 11.3 Å². The Morgan fingerprint density at radius 2 is 1.81 bits per heavy atom. The summed E-state index contributed by atoms with van der Waals surface area (Å²) in [7, 11) is 0. The first-order valence-corrected chi connectivity index (χ1v) is 7.39. The minimum atomic E-state index is -0.134. The molecular formula is C17H23N3O. The third kappa shape index (κ3) is 4.02. The summed E-state index contributed by atoms with van der Waals surface area (Å²) in [4.78, 5) is 11.8. The molecule has 0 bridgehead atoms. The Morgan fingerprint density at radius 1 is 1.14 bits per heavy atom. The molecule has 0 unspecified atom stereocenters. The van der Waals surface area contributed by atoms with Crippen LogP contribution in [0.4, 0.5) is 0 Å². The molecule has 0 saturated carbocycles. The molecule has 1 aromatic carbocycles.